The lowest BCUT2D eigenvalue weighted by Crippen LogP contribution is -2.12. The predicted molar refractivity (Wildman–Crippen MR) is 85.4 cm³/mol. The largest absolute Gasteiger partial charge is 0.482 e. The molecule has 0 fully saturated rings. The van der Waals surface area contributed by atoms with Crippen LogP contribution in [0.15, 0.2) is 42.5 Å². The van der Waals surface area contributed by atoms with Crippen LogP contribution in [0.5, 0.6) is 5.75 Å². The van der Waals surface area contributed by atoms with Gasteiger partial charge in [-0.3, -0.25) is 14.9 Å². The molecule has 1 amide bonds. The fourth-order valence-electron chi connectivity index (χ4n) is 1.98. The molecule has 0 saturated heterocycles. The maximum absolute atomic E-state index is 12.2. The van der Waals surface area contributed by atoms with Crippen LogP contribution in [0.3, 0.4) is 0 Å². The number of carboxylic acids is 1. The summed E-state index contributed by atoms with van der Waals surface area (Å²) in [4.78, 5) is 32.8. The van der Waals surface area contributed by atoms with Crippen LogP contribution in [0.1, 0.15) is 15.9 Å². The molecule has 0 bridgehead atoms. The van der Waals surface area contributed by atoms with Gasteiger partial charge in [-0.2, -0.15) is 0 Å². The van der Waals surface area contributed by atoms with E-state index < -0.39 is 23.4 Å². The molecule has 2 N–H and O–H groups in total. The van der Waals surface area contributed by atoms with Gasteiger partial charge in [0.05, 0.1) is 4.92 Å². The molecule has 24 heavy (non-hydrogen) atoms. The van der Waals surface area contributed by atoms with E-state index in [1.165, 1.54) is 30.3 Å². The summed E-state index contributed by atoms with van der Waals surface area (Å²) in [7, 11) is 0. The first-order chi connectivity index (χ1) is 11.4. The number of nitrogens with one attached hydrogen (secondary N) is 1. The molecule has 0 spiro atoms. The monoisotopic (exact) mass is 330 g/mol. The molecule has 0 atom stereocenters. The quantitative estimate of drug-likeness (QED) is 0.621. The van der Waals surface area contributed by atoms with Crippen molar-refractivity contribution >= 4 is 23.3 Å². The highest BCUT2D eigenvalue weighted by Crippen LogP contribution is 2.20. The lowest BCUT2D eigenvalue weighted by atomic mass is 10.1. The maximum Gasteiger partial charge on any atom is 0.341 e. The van der Waals surface area contributed by atoms with Crippen LogP contribution >= 0.6 is 0 Å². The fraction of sp³-hybridized carbons (Fsp3) is 0.125. The second kappa shape index (κ2) is 7.23. The van der Waals surface area contributed by atoms with Crippen molar-refractivity contribution in [2.24, 2.45) is 0 Å². The highest BCUT2D eigenvalue weighted by atomic mass is 16.6. The normalized spacial score (nSPS) is 10.0. The molecule has 2 aromatic rings. The van der Waals surface area contributed by atoms with Gasteiger partial charge in [-0.05, 0) is 43.3 Å². The van der Waals surface area contributed by atoms with Gasteiger partial charge in [0.2, 0.25) is 0 Å². The molecule has 0 heterocycles. The van der Waals surface area contributed by atoms with Gasteiger partial charge in [0.1, 0.15) is 5.75 Å². The Morgan fingerprint density at radius 2 is 1.88 bits per heavy atom. The molecule has 8 nitrogen and oxygen atoms in total. The molecule has 124 valence electrons. The number of nitrogens with zero attached hydrogens (tertiary/aromatic N) is 1. The Bertz CT molecular complexity index is 786. The number of aliphatic carboxylic acids is 1. The average molecular weight is 330 g/mol. The van der Waals surface area contributed by atoms with Crippen molar-refractivity contribution in [1.29, 1.82) is 0 Å². The molecule has 0 saturated carbocycles. The van der Waals surface area contributed by atoms with Crippen LogP contribution in [0.4, 0.5) is 11.4 Å². The van der Waals surface area contributed by atoms with E-state index in [9.17, 15) is 19.7 Å². The molecule has 0 aliphatic rings. The van der Waals surface area contributed by atoms with Crippen LogP contribution in [0.25, 0.3) is 0 Å². The average Bonchev–Trinajstić information content (AvgIpc) is 2.53. The third-order valence-corrected chi connectivity index (χ3v) is 3.13. The number of anilines is 1. The van der Waals surface area contributed by atoms with E-state index in [1.807, 2.05) is 0 Å². The third kappa shape index (κ3) is 4.29. The van der Waals surface area contributed by atoms with Crippen LogP contribution in [-0.2, 0) is 4.79 Å². The van der Waals surface area contributed by atoms with Crippen molar-refractivity contribution in [3.63, 3.8) is 0 Å². The zero-order chi connectivity index (χ0) is 17.7. The van der Waals surface area contributed by atoms with Crippen molar-refractivity contribution in [3.05, 3.63) is 63.7 Å². The molecule has 2 rings (SSSR count). The lowest BCUT2D eigenvalue weighted by Gasteiger charge is -2.08. The van der Waals surface area contributed by atoms with E-state index >= 15 is 0 Å². The van der Waals surface area contributed by atoms with Gasteiger partial charge in [0.15, 0.2) is 6.61 Å². The zero-order valence-electron chi connectivity index (χ0n) is 12.7. The molecule has 0 aliphatic carbocycles. The van der Waals surface area contributed by atoms with Crippen molar-refractivity contribution in [1.82, 2.24) is 0 Å². The summed E-state index contributed by atoms with van der Waals surface area (Å²) in [6, 6.07) is 10.3. The number of aryl methyl sites for hydroxylation is 1. The number of ether oxygens (including phenoxy) is 1. The number of amides is 1. The number of carbonyl (C=O) groups excluding carboxylic acids is 1. The predicted octanol–water partition coefficient (Wildman–Crippen LogP) is 2.62. The Labute approximate surface area is 136 Å². The highest BCUT2D eigenvalue weighted by molar-refractivity contribution is 6.04. The highest BCUT2D eigenvalue weighted by Gasteiger charge is 2.14. The van der Waals surface area contributed by atoms with Crippen molar-refractivity contribution < 1.29 is 24.4 Å². The first kappa shape index (κ1) is 16.9. The number of hydrogen-bond acceptors (Lipinski definition) is 5. The van der Waals surface area contributed by atoms with Gasteiger partial charge in [-0.1, -0.05) is 0 Å². The van der Waals surface area contributed by atoms with Gasteiger partial charge in [-0.15, -0.1) is 0 Å². The summed E-state index contributed by atoms with van der Waals surface area (Å²) in [6.45, 7) is 1.11. The Morgan fingerprint density at radius 3 is 2.42 bits per heavy atom. The molecule has 2 aromatic carbocycles. The Morgan fingerprint density at radius 1 is 1.21 bits per heavy atom. The minimum atomic E-state index is -1.08. The molecule has 0 unspecified atom stereocenters. The maximum atomic E-state index is 12.2. The fourth-order valence-corrected chi connectivity index (χ4v) is 1.98. The summed E-state index contributed by atoms with van der Waals surface area (Å²) < 4.78 is 4.99. The van der Waals surface area contributed by atoms with Crippen LogP contribution in [0, 0.1) is 17.0 Å². The van der Waals surface area contributed by atoms with E-state index in [-0.39, 0.29) is 5.69 Å². The summed E-state index contributed by atoms with van der Waals surface area (Å²) in [5.41, 5.74) is 1.12. The summed E-state index contributed by atoms with van der Waals surface area (Å²) in [5, 5.41) is 21.9. The molecular weight excluding hydrogens is 316 g/mol. The first-order valence-electron chi connectivity index (χ1n) is 6.88. The van der Waals surface area contributed by atoms with E-state index in [0.29, 0.717) is 22.6 Å². The first-order valence-corrected chi connectivity index (χ1v) is 6.88. The van der Waals surface area contributed by atoms with Gasteiger partial charge in [-0.25, -0.2) is 4.79 Å². The topological polar surface area (TPSA) is 119 Å². The van der Waals surface area contributed by atoms with Crippen molar-refractivity contribution in [3.8, 4) is 5.75 Å². The number of nitro benzene ring substituents is 1. The minimum Gasteiger partial charge on any atom is -0.482 e. The minimum absolute atomic E-state index is 0.0496. The smallest absolute Gasteiger partial charge is 0.341 e. The molecule has 0 aromatic heterocycles. The number of hydrogen-bond donors (Lipinski definition) is 2. The Kier molecular flexibility index (Phi) is 5.10. The number of carboxylic acid groups (broad SMARTS) is 1. The summed E-state index contributed by atoms with van der Waals surface area (Å²) in [5.74, 6) is -1.13. The van der Waals surface area contributed by atoms with Crippen LogP contribution in [-0.4, -0.2) is 28.5 Å². The number of carbonyl (C=O) groups is 2. The molecule has 8 heteroatoms. The number of nitro groups is 1. The second-order valence-electron chi connectivity index (χ2n) is 4.92. The summed E-state index contributed by atoms with van der Waals surface area (Å²) in [6.07, 6.45) is 0. The van der Waals surface area contributed by atoms with E-state index in [4.69, 9.17) is 9.84 Å². The van der Waals surface area contributed by atoms with Crippen molar-refractivity contribution in [2.75, 3.05) is 11.9 Å². The number of rotatable bonds is 6. The van der Waals surface area contributed by atoms with Gasteiger partial charge in [0, 0.05) is 22.9 Å². The van der Waals surface area contributed by atoms with E-state index in [0.717, 1.165) is 0 Å². The molecular formula is C16H14N2O6. The van der Waals surface area contributed by atoms with E-state index in [2.05, 4.69) is 5.32 Å². The SMILES string of the molecule is Cc1cc(C(=O)Nc2ccc(OCC(=O)O)cc2)ccc1[N+](=O)[O-]. The second-order valence-corrected chi connectivity index (χ2v) is 4.92. The molecule has 0 aliphatic heterocycles. The van der Waals surface area contributed by atoms with E-state index in [1.54, 1.807) is 19.1 Å². The van der Waals surface area contributed by atoms with Crippen LogP contribution < -0.4 is 10.1 Å². The zero-order valence-corrected chi connectivity index (χ0v) is 12.7. The summed E-state index contributed by atoms with van der Waals surface area (Å²) >= 11 is 0. The molecule has 0 radical (unpaired) electrons. The van der Waals surface area contributed by atoms with Gasteiger partial charge in [0.25, 0.3) is 11.6 Å². The standard InChI is InChI=1S/C16H14N2O6/c1-10-8-11(2-7-14(10)18(22)23)16(21)17-12-3-5-13(6-4-12)24-9-15(19)20/h2-8H,9H2,1H3,(H,17,21)(H,19,20). The number of benzene rings is 2. The third-order valence-electron chi connectivity index (χ3n) is 3.13. The Balaban J connectivity index is 2.05. The van der Waals surface area contributed by atoms with Crippen molar-refractivity contribution in [2.45, 2.75) is 6.92 Å². The lowest BCUT2D eigenvalue weighted by molar-refractivity contribution is -0.385. The van der Waals surface area contributed by atoms with Gasteiger partial charge < -0.3 is 15.2 Å². The Hall–Kier alpha value is -3.42. The van der Waals surface area contributed by atoms with Gasteiger partial charge >= 0.3 is 5.97 Å². The van der Waals surface area contributed by atoms with Crippen LogP contribution in [0.2, 0.25) is 0 Å².